The Kier molecular flexibility index (Phi) is 3.75. The summed E-state index contributed by atoms with van der Waals surface area (Å²) in [4.78, 5) is 12.3. The molecule has 0 aliphatic carbocycles. The number of hydrogen-bond donors (Lipinski definition) is 0. The molecule has 1 nitrogen and oxygen atoms in total. The number of carbonyl (C=O) groups is 1. The first-order valence-corrected chi connectivity index (χ1v) is 6.84. The Bertz CT molecular complexity index is 576. The van der Waals surface area contributed by atoms with Gasteiger partial charge in [0.25, 0.3) is 0 Å². The van der Waals surface area contributed by atoms with Crippen LogP contribution in [0.4, 0.5) is 8.78 Å². The summed E-state index contributed by atoms with van der Waals surface area (Å²) in [5.41, 5.74) is -0.258. The Balaban J connectivity index is 2.47. The molecule has 17 heavy (non-hydrogen) atoms. The average Bonchev–Trinajstić information content (AvgIpc) is 2.62. The fourth-order valence-corrected chi connectivity index (χ4v) is 3.25. The predicted molar refractivity (Wildman–Crippen MR) is 69.5 cm³/mol. The number of rotatable bonds is 2. The number of hydrogen-bond acceptors (Lipinski definition) is 2. The van der Waals surface area contributed by atoms with Crippen molar-refractivity contribution in [3.8, 4) is 0 Å². The van der Waals surface area contributed by atoms with Crippen LogP contribution in [0.25, 0.3) is 0 Å². The smallest absolute Gasteiger partial charge is 0.206 e. The Morgan fingerprint density at radius 3 is 2.47 bits per heavy atom. The third kappa shape index (κ3) is 2.64. The van der Waals surface area contributed by atoms with Crippen LogP contribution in [-0.2, 0) is 0 Å². The Morgan fingerprint density at radius 1 is 1.18 bits per heavy atom. The molecule has 0 aliphatic rings. The van der Waals surface area contributed by atoms with E-state index in [1.807, 2.05) is 0 Å². The molecule has 0 saturated carbocycles. The number of benzene rings is 1. The first-order valence-electron chi connectivity index (χ1n) is 4.43. The molecule has 2 aromatic rings. The summed E-state index contributed by atoms with van der Waals surface area (Å²) in [6.45, 7) is 0. The van der Waals surface area contributed by atoms with Gasteiger partial charge in [-0.3, -0.25) is 4.79 Å². The van der Waals surface area contributed by atoms with Crippen LogP contribution in [0, 0.1) is 11.6 Å². The summed E-state index contributed by atoms with van der Waals surface area (Å²) in [6, 6.07) is 4.40. The summed E-state index contributed by atoms with van der Waals surface area (Å²) < 4.78 is 27.8. The topological polar surface area (TPSA) is 17.1 Å². The van der Waals surface area contributed by atoms with E-state index in [9.17, 15) is 13.6 Å². The van der Waals surface area contributed by atoms with Crippen LogP contribution < -0.4 is 0 Å². The summed E-state index contributed by atoms with van der Waals surface area (Å²) in [5.74, 6) is -1.89. The molecule has 1 aromatic heterocycles. The lowest BCUT2D eigenvalue weighted by Crippen LogP contribution is -2.02. The zero-order chi connectivity index (χ0) is 12.6. The maximum absolute atomic E-state index is 13.4. The highest BCUT2D eigenvalue weighted by atomic mass is 79.9. The van der Waals surface area contributed by atoms with Gasteiger partial charge in [-0.2, -0.15) is 0 Å². The molecule has 0 atom stereocenters. The van der Waals surface area contributed by atoms with Crippen molar-refractivity contribution in [3.05, 3.63) is 54.6 Å². The van der Waals surface area contributed by atoms with E-state index in [2.05, 4.69) is 31.9 Å². The highest BCUT2D eigenvalue weighted by Gasteiger charge is 2.18. The number of carbonyl (C=O) groups excluding carboxylic acids is 1. The van der Waals surface area contributed by atoms with Gasteiger partial charge in [-0.05, 0) is 56.1 Å². The van der Waals surface area contributed by atoms with Gasteiger partial charge >= 0.3 is 0 Å². The third-order valence-corrected chi connectivity index (χ3v) is 5.30. The zero-order valence-electron chi connectivity index (χ0n) is 8.14. The van der Waals surface area contributed by atoms with Crippen LogP contribution in [-0.4, -0.2) is 5.78 Å². The van der Waals surface area contributed by atoms with Crippen LogP contribution in [0.2, 0.25) is 0 Å². The van der Waals surface area contributed by atoms with Gasteiger partial charge in [0.1, 0.15) is 11.6 Å². The van der Waals surface area contributed by atoms with Crippen molar-refractivity contribution in [2.75, 3.05) is 0 Å². The minimum atomic E-state index is -0.725. The molecule has 0 fully saturated rings. The van der Waals surface area contributed by atoms with Crippen LogP contribution in [0.1, 0.15) is 15.2 Å². The molecule has 6 heteroatoms. The molecule has 0 aliphatic heterocycles. The standard InChI is InChI=1S/C11H4Br2F2OS/c12-7-4-9(17-11(7)13)10(16)6-3-5(14)1-2-8(6)15/h1-4H. The minimum Gasteiger partial charge on any atom is -0.288 e. The molecule has 0 saturated heterocycles. The first kappa shape index (κ1) is 12.9. The lowest BCUT2D eigenvalue weighted by atomic mass is 10.1. The van der Waals surface area contributed by atoms with Crippen molar-refractivity contribution in [3.63, 3.8) is 0 Å². The quantitative estimate of drug-likeness (QED) is 0.684. The maximum atomic E-state index is 13.4. The van der Waals surface area contributed by atoms with Gasteiger partial charge in [0.15, 0.2) is 0 Å². The Labute approximate surface area is 117 Å². The molecule has 0 spiro atoms. The van der Waals surface area contributed by atoms with E-state index in [-0.39, 0.29) is 5.56 Å². The SMILES string of the molecule is O=C(c1cc(Br)c(Br)s1)c1cc(F)ccc1F. The van der Waals surface area contributed by atoms with E-state index in [1.54, 1.807) is 6.07 Å². The van der Waals surface area contributed by atoms with Gasteiger partial charge < -0.3 is 0 Å². The molecule has 88 valence electrons. The number of ketones is 1. The minimum absolute atomic E-state index is 0.258. The van der Waals surface area contributed by atoms with Gasteiger partial charge in [-0.1, -0.05) is 0 Å². The molecule has 2 rings (SSSR count). The number of thiophene rings is 1. The van der Waals surface area contributed by atoms with Gasteiger partial charge in [-0.25, -0.2) is 8.78 Å². The average molecular weight is 382 g/mol. The van der Waals surface area contributed by atoms with E-state index in [0.717, 1.165) is 33.3 Å². The molecular weight excluding hydrogens is 378 g/mol. The predicted octanol–water partition coefficient (Wildman–Crippen LogP) is 4.78. The lowest BCUT2D eigenvalue weighted by molar-refractivity contribution is 0.103. The second-order valence-electron chi connectivity index (χ2n) is 3.19. The van der Waals surface area contributed by atoms with E-state index >= 15 is 0 Å². The summed E-state index contributed by atoms with van der Waals surface area (Å²) in [7, 11) is 0. The van der Waals surface area contributed by atoms with Gasteiger partial charge in [0.05, 0.1) is 14.2 Å². The van der Waals surface area contributed by atoms with Crippen LogP contribution in [0.5, 0.6) is 0 Å². The summed E-state index contributed by atoms with van der Waals surface area (Å²) in [6.07, 6.45) is 0. The Morgan fingerprint density at radius 2 is 1.88 bits per heavy atom. The number of halogens is 4. The lowest BCUT2D eigenvalue weighted by Gasteiger charge is -2.00. The highest BCUT2D eigenvalue weighted by Crippen LogP contribution is 2.33. The molecule has 0 amide bonds. The van der Waals surface area contributed by atoms with Crippen LogP contribution in [0.3, 0.4) is 0 Å². The van der Waals surface area contributed by atoms with E-state index in [1.165, 1.54) is 0 Å². The molecule has 1 heterocycles. The van der Waals surface area contributed by atoms with Gasteiger partial charge in [-0.15, -0.1) is 11.3 Å². The van der Waals surface area contributed by atoms with Crippen molar-refractivity contribution in [1.29, 1.82) is 0 Å². The van der Waals surface area contributed by atoms with Crippen LogP contribution >= 0.6 is 43.2 Å². The second-order valence-corrected chi connectivity index (χ2v) is 6.41. The van der Waals surface area contributed by atoms with E-state index in [0.29, 0.717) is 9.35 Å². The molecule has 0 N–H and O–H groups in total. The molecule has 0 bridgehead atoms. The van der Waals surface area contributed by atoms with Crippen molar-refractivity contribution >= 4 is 49.0 Å². The largest absolute Gasteiger partial charge is 0.288 e. The van der Waals surface area contributed by atoms with E-state index in [4.69, 9.17) is 0 Å². The van der Waals surface area contributed by atoms with Crippen molar-refractivity contribution in [1.82, 2.24) is 0 Å². The first-order chi connectivity index (χ1) is 7.99. The monoisotopic (exact) mass is 380 g/mol. The molecule has 1 aromatic carbocycles. The normalized spacial score (nSPS) is 10.6. The van der Waals surface area contributed by atoms with Crippen molar-refractivity contribution in [2.45, 2.75) is 0 Å². The summed E-state index contributed by atoms with van der Waals surface area (Å²) >= 11 is 7.64. The van der Waals surface area contributed by atoms with Gasteiger partial charge in [0, 0.05) is 4.47 Å². The zero-order valence-corrected chi connectivity index (χ0v) is 12.1. The van der Waals surface area contributed by atoms with Crippen molar-refractivity contribution < 1.29 is 13.6 Å². The van der Waals surface area contributed by atoms with E-state index < -0.39 is 17.4 Å². The molecular formula is C11H4Br2F2OS. The maximum Gasteiger partial charge on any atom is 0.206 e. The molecule has 0 radical (unpaired) electrons. The highest BCUT2D eigenvalue weighted by molar-refractivity contribution is 9.13. The summed E-state index contributed by atoms with van der Waals surface area (Å²) in [5, 5.41) is 0. The van der Waals surface area contributed by atoms with Gasteiger partial charge in [0.2, 0.25) is 5.78 Å². The van der Waals surface area contributed by atoms with Crippen molar-refractivity contribution in [2.24, 2.45) is 0 Å². The Hall–Kier alpha value is -0.590. The fourth-order valence-electron chi connectivity index (χ4n) is 1.26. The second kappa shape index (κ2) is 4.96. The fraction of sp³-hybridized carbons (Fsp3) is 0. The third-order valence-electron chi connectivity index (χ3n) is 2.04. The molecule has 0 unspecified atom stereocenters. The van der Waals surface area contributed by atoms with Crippen LogP contribution in [0.15, 0.2) is 32.5 Å².